The highest BCUT2D eigenvalue weighted by Crippen LogP contribution is 2.27. The largest absolute Gasteiger partial charge is 0.362 e. The molecule has 2 saturated heterocycles. The van der Waals surface area contributed by atoms with Gasteiger partial charge in [0.25, 0.3) is 0 Å². The Hall–Kier alpha value is -2.25. The number of halogens is 1. The number of nitrogens with one attached hydrogen (secondary N) is 1. The lowest BCUT2D eigenvalue weighted by Crippen LogP contribution is -2.53. The third-order valence-electron chi connectivity index (χ3n) is 4.65. The fraction of sp³-hybridized carbons (Fsp3) is 0.412. The molecule has 2 aliphatic heterocycles. The van der Waals surface area contributed by atoms with Crippen molar-refractivity contribution in [2.75, 3.05) is 26.2 Å². The Labute approximate surface area is 139 Å². The number of hydrogen-bond acceptors (Lipinski definition) is 4. The first-order chi connectivity index (χ1) is 11.6. The van der Waals surface area contributed by atoms with Crippen LogP contribution >= 0.6 is 0 Å². The molecular weight excluding hydrogens is 311 g/mol. The molecule has 1 amide bonds. The van der Waals surface area contributed by atoms with Crippen LogP contribution in [0.3, 0.4) is 0 Å². The minimum atomic E-state index is -0.256. The Morgan fingerprint density at radius 3 is 2.92 bits per heavy atom. The van der Waals surface area contributed by atoms with Crippen LogP contribution in [0.1, 0.15) is 12.0 Å². The number of carbonyl (C=O) groups excluding carboxylic acids is 1. The second-order valence-corrected chi connectivity index (χ2v) is 6.48. The second kappa shape index (κ2) is 5.99. The smallest absolute Gasteiger partial charge is 0.246 e. The molecule has 6 nitrogen and oxygen atoms in total. The van der Waals surface area contributed by atoms with E-state index in [4.69, 9.17) is 4.74 Å². The van der Waals surface area contributed by atoms with Gasteiger partial charge in [-0.2, -0.15) is 5.10 Å². The first kappa shape index (κ1) is 15.3. The van der Waals surface area contributed by atoms with E-state index < -0.39 is 0 Å². The van der Waals surface area contributed by atoms with E-state index >= 15 is 0 Å². The summed E-state index contributed by atoms with van der Waals surface area (Å²) in [7, 11) is 0. The van der Waals surface area contributed by atoms with Crippen LogP contribution in [0.2, 0.25) is 0 Å². The average molecular weight is 330 g/mol. The van der Waals surface area contributed by atoms with Gasteiger partial charge in [-0.1, -0.05) is 0 Å². The summed E-state index contributed by atoms with van der Waals surface area (Å²) < 4.78 is 20.5. The van der Waals surface area contributed by atoms with E-state index in [1.165, 1.54) is 12.1 Å². The van der Waals surface area contributed by atoms with Crippen molar-refractivity contribution in [1.82, 2.24) is 20.0 Å². The van der Waals surface area contributed by atoms with E-state index in [9.17, 15) is 9.18 Å². The van der Waals surface area contributed by atoms with Crippen LogP contribution in [0, 0.1) is 5.82 Å². The third kappa shape index (κ3) is 3.05. The quantitative estimate of drug-likeness (QED) is 0.916. The maximum absolute atomic E-state index is 13.0. The molecule has 1 unspecified atom stereocenters. The second-order valence-electron chi connectivity index (χ2n) is 6.48. The summed E-state index contributed by atoms with van der Waals surface area (Å²) in [5, 5.41) is 7.24. The van der Waals surface area contributed by atoms with Crippen molar-refractivity contribution in [1.29, 1.82) is 0 Å². The highest BCUT2D eigenvalue weighted by atomic mass is 19.1. The highest BCUT2D eigenvalue weighted by Gasteiger charge is 2.42. The molecule has 3 heterocycles. The normalized spacial score (nSPS) is 24.5. The number of aromatic nitrogens is 2. The van der Waals surface area contributed by atoms with Crippen LogP contribution in [0.4, 0.5) is 4.39 Å². The van der Waals surface area contributed by atoms with Gasteiger partial charge in [0.2, 0.25) is 5.91 Å². The molecule has 0 radical (unpaired) electrons. The maximum atomic E-state index is 13.0. The molecule has 1 N–H and O–H groups in total. The third-order valence-corrected chi connectivity index (χ3v) is 4.65. The van der Waals surface area contributed by atoms with E-state index in [0.29, 0.717) is 6.54 Å². The Balaban J connectivity index is 1.40. The SMILES string of the molecule is O=C1COC2(CCN(Cc3cnn(-c4ccc(F)cc4)c3)C2)CN1. The molecule has 1 aromatic heterocycles. The average Bonchev–Trinajstić information content (AvgIpc) is 3.20. The summed E-state index contributed by atoms with van der Waals surface area (Å²) >= 11 is 0. The Morgan fingerprint density at radius 1 is 1.33 bits per heavy atom. The van der Waals surface area contributed by atoms with Crippen molar-refractivity contribution < 1.29 is 13.9 Å². The molecule has 0 aliphatic carbocycles. The fourth-order valence-electron chi connectivity index (χ4n) is 3.34. The minimum absolute atomic E-state index is 0.0420. The molecule has 2 fully saturated rings. The number of rotatable bonds is 3. The molecule has 0 saturated carbocycles. The van der Waals surface area contributed by atoms with Crippen LogP contribution in [-0.2, 0) is 16.1 Å². The number of benzene rings is 1. The molecule has 4 rings (SSSR count). The topological polar surface area (TPSA) is 59.4 Å². The lowest BCUT2D eigenvalue weighted by molar-refractivity contribution is -0.142. The summed E-state index contributed by atoms with van der Waals surface area (Å²) in [6.45, 7) is 3.24. The van der Waals surface area contributed by atoms with Gasteiger partial charge in [-0.15, -0.1) is 0 Å². The molecule has 1 atom stereocenters. The molecule has 0 bridgehead atoms. The maximum Gasteiger partial charge on any atom is 0.246 e. The van der Waals surface area contributed by atoms with Gasteiger partial charge in [0.05, 0.1) is 17.5 Å². The van der Waals surface area contributed by atoms with Gasteiger partial charge < -0.3 is 10.1 Å². The van der Waals surface area contributed by atoms with E-state index in [2.05, 4.69) is 15.3 Å². The number of morpholine rings is 1. The fourth-order valence-corrected chi connectivity index (χ4v) is 3.34. The lowest BCUT2D eigenvalue weighted by Gasteiger charge is -2.33. The zero-order chi connectivity index (χ0) is 16.6. The molecule has 1 spiro atoms. The zero-order valence-electron chi connectivity index (χ0n) is 13.2. The summed E-state index contributed by atoms with van der Waals surface area (Å²) in [4.78, 5) is 13.6. The Bertz CT molecular complexity index is 733. The first-order valence-electron chi connectivity index (χ1n) is 8.04. The van der Waals surface area contributed by atoms with Gasteiger partial charge in [-0.3, -0.25) is 9.69 Å². The number of likely N-dealkylation sites (tertiary alicyclic amines) is 1. The molecule has 24 heavy (non-hydrogen) atoms. The minimum Gasteiger partial charge on any atom is -0.362 e. The number of ether oxygens (including phenoxy) is 1. The van der Waals surface area contributed by atoms with E-state index in [1.807, 2.05) is 12.4 Å². The number of nitrogens with zero attached hydrogens (tertiary/aromatic N) is 3. The van der Waals surface area contributed by atoms with Crippen LogP contribution in [-0.4, -0.2) is 52.4 Å². The van der Waals surface area contributed by atoms with Gasteiger partial charge in [-0.05, 0) is 30.7 Å². The van der Waals surface area contributed by atoms with Crippen molar-refractivity contribution in [2.45, 2.75) is 18.6 Å². The van der Waals surface area contributed by atoms with E-state index in [1.54, 1.807) is 16.8 Å². The predicted octanol–water partition coefficient (Wildman–Crippen LogP) is 1.10. The van der Waals surface area contributed by atoms with Crippen molar-refractivity contribution >= 4 is 5.91 Å². The molecule has 1 aromatic carbocycles. The van der Waals surface area contributed by atoms with Gasteiger partial charge in [0.15, 0.2) is 0 Å². The Morgan fingerprint density at radius 2 is 2.17 bits per heavy atom. The van der Waals surface area contributed by atoms with Gasteiger partial charge >= 0.3 is 0 Å². The number of hydrogen-bond donors (Lipinski definition) is 1. The molecule has 7 heteroatoms. The van der Waals surface area contributed by atoms with Crippen LogP contribution < -0.4 is 5.32 Å². The highest BCUT2D eigenvalue weighted by molar-refractivity contribution is 5.78. The first-order valence-corrected chi connectivity index (χ1v) is 8.04. The van der Waals surface area contributed by atoms with E-state index in [-0.39, 0.29) is 23.9 Å². The zero-order valence-corrected chi connectivity index (χ0v) is 13.2. The predicted molar refractivity (Wildman–Crippen MR) is 85.1 cm³/mol. The van der Waals surface area contributed by atoms with Crippen LogP contribution in [0.25, 0.3) is 5.69 Å². The van der Waals surface area contributed by atoms with Gasteiger partial charge in [-0.25, -0.2) is 9.07 Å². The molecule has 2 aliphatic rings. The summed E-state index contributed by atoms with van der Waals surface area (Å²) in [6, 6.07) is 6.26. The molecule has 2 aromatic rings. The van der Waals surface area contributed by atoms with Gasteiger partial charge in [0.1, 0.15) is 12.4 Å². The van der Waals surface area contributed by atoms with Crippen molar-refractivity contribution in [2.24, 2.45) is 0 Å². The Kier molecular flexibility index (Phi) is 3.82. The monoisotopic (exact) mass is 330 g/mol. The summed E-state index contributed by atoms with van der Waals surface area (Å²) in [5.41, 5.74) is 1.68. The van der Waals surface area contributed by atoms with Crippen LogP contribution in [0.15, 0.2) is 36.7 Å². The standard InChI is InChI=1S/C17H19FN4O2/c18-14-1-3-15(4-2-14)22-9-13(7-20-22)8-21-6-5-17(12-21)11-19-16(23)10-24-17/h1-4,7,9H,5-6,8,10-12H2,(H,19,23). The van der Waals surface area contributed by atoms with Crippen LogP contribution in [0.5, 0.6) is 0 Å². The summed E-state index contributed by atoms with van der Waals surface area (Å²) in [6.07, 6.45) is 4.71. The van der Waals surface area contributed by atoms with E-state index in [0.717, 1.165) is 37.3 Å². The van der Waals surface area contributed by atoms with Gasteiger partial charge in [0, 0.05) is 37.9 Å². The lowest BCUT2D eigenvalue weighted by atomic mass is 10.0. The van der Waals surface area contributed by atoms with Crippen molar-refractivity contribution in [3.63, 3.8) is 0 Å². The van der Waals surface area contributed by atoms with Crippen molar-refractivity contribution in [3.05, 3.63) is 48.0 Å². The number of carbonyl (C=O) groups is 1. The van der Waals surface area contributed by atoms with Crippen molar-refractivity contribution in [3.8, 4) is 5.69 Å². The number of amides is 1. The summed E-state index contributed by atoms with van der Waals surface area (Å²) in [5.74, 6) is -0.298. The molecule has 126 valence electrons. The molecular formula is C17H19FN4O2.